The second-order valence-corrected chi connectivity index (χ2v) is 10.1. The van der Waals surface area contributed by atoms with Crippen LogP contribution in [0.3, 0.4) is 0 Å². The highest BCUT2D eigenvalue weighted by Gasteiger charge is 2.33. The lowest BCUT2D eigenvalue weighted by Gasteiger charge is -2.17. The Morgan fingerprint density at radius 3 is 2.59 bits per heavy atom. The molecule has 148 valence electrons. The maximum absolute atomic E-state index is 13.2. The van der Waals surface area contributed by atoms with E-state index in [4.69, 9.17) is 13.9 Å². The van der Waals surface area contributed by atoms with Gasteiger partial charge >= 0.3 is 0 Å². The molecule has 1 aliphatic heterocycles. The first-order valence-electron chi connectivity index (χ1n) is 8.48. The van der Waals surface area contributed by atoms with Crippen molar-refractivity contribution in [1.82, 2.24) is 4.72 Å². The van der Waals surface area contributed by atoms with Crippen LogP contribution in [0, 0.1) is 0 Å². The number of rotatable bonds is 9. The molecular weight excluding hydrogens is 394 g/mol. The van der Waals surface area contributed by atoms with Crippen molar-refractivity contribution in [2.24, 2.45) is 0 Å². The quantitative estimate of drug-likeness (QED) is 0.668. The van der Waals surface area contributed by atoms with Crippen LogP contribution in [0.1, 0.15) is 30.8 Å². The van der Waals surface area contributed by atoms with E-state index in [-0.39, 0.29) is 29.7 Å². The summed E-state index contributed by atoms with van der Waals surface area (Å²) in [5.74, 6) is 0.894. The van der Waals surface area contributed by atoms with E-state index in [0.717, 1.165) is 6.42 Å². The summed E-state index contributed by atoms with van der Waals surface area (Å²) < 4.78 is 68.7. The van der Waals surface area contributed by atoms with Crippen LogP contribution >= 0.6 is 0 Å². The van der Waals surface area contributed by atoms with Crippen LogP contribution in [-0.4, -0.2) is 35.9 Å². The third-order valence-electron chi connectivity index (χ3n) is 4.16. The lowest BCUT2D eigenvalue weighted by Crippen LogP contribution is -2.33. The number of unbranched alkanes of at least 4 members (excludes halogenated alkanes) is 1. The van der Waals surface area contributed by atoms with E-state index in [2.05, 4.69) is 4.72 Å². The molecule has 27 heavy (non-hydrogen) atoms. The molecule has 10 heteroatoms. The zero-order valence-electron chi connectivity index (χ0n) is 14.8. The first-order valence-corrected chi connectivity index (χ1v) is 11.7. The van der Waals surface area contributed by atoms with E-state index < -0.39 is 25.1 Å². The van der Waals surface area contributed by atoms with Gasteiger partial charge in [0.2, 0.25) is 16.8 Å². The van der Waals surface area contributed by atoms with Crippen LogP contribution in [0.25, 0.3) is 0 Å². The number of sulfonamides is 1. The van der Waals surface area contributed by atoms with Crippen LogP contribution in [0.2, 0.25) is 0 Å². The predicted molar refractivity (Wildman–Crippen MR) is 97.9 cm³/mol. The lowest BCUT2D eigenvalue weighted by atomic mass is 10.3. The van der Waals surface area contributed by atoms with E-state index in [1.54, 1.807) is 6.07 Å². The highest BCUT2D eigenvalue weighted by molar-refractivity contribution is 7.92. The molecule has 2 heterocycles. The molecule has 0 aliphatic carbocycles. The Morgan fingerprint density at radius 2 is 1.89 bits per heavy atom. The highest BCUT2D eigenvalue weighted by atomic mass is 32.2. The van der Waals surface area contributed by atoms with Gasteiger partial charge in [0, 0.05) is 12.6 Å². The number of hydrogen-bond donors (Lipinski definition) is 1. The van der Waals surface area contributed by atoms with E-state index in [9.17, 15) is 16.8 Å². The van der Waals surface area contributed by atoms with E-state index in [1.165, 1.54) is 30.5 Å². The van der Waals surface area contributed by atoms with Gasteiger partial charge in [-0.15, -0.1) is 0 Å². The van der Waals surface area contributed by atoms with Crippen molar-refractivity contribution in [2.45, 2.75) is 29.9 Å². The fourth-order valence-electron chi connectivity index (χ4n) is 2.66. The maximum atomic E-state index is 13.2. The molecule has 1 aliphatic rings. The normalized spacial score (nSPS) is 15.0. The van der Waals surface area contributed by atoms with Crippen molar-refractivity contribution >= 4 is 19.9 Å². The number of ether oxygens (including phenoxy) is 2. The summed E-state index contributed by atoms with van der Waals surface area (Å²) in [5.41, 5.74) is 0. The number of nitrogens with one attached hydrogen (secondary N) is 1. The van der Waals surface area contributed by atoms with E-state index >= 15 is 0 Å². The molecule has 1 N–H and O–H groups in total. The van der Waals surface area contributed by atoms with E-state index in [1.807, 2.05) is 6.92 Å². The Bertz CT molecular complexity index is 982. The molecule has 2 aromatic rings. The molecule has 0 saturated carbocycles. The van der Waals surface area contributed by atoms with Crippen molar-refractivity contribution in [1.29, 1.82) is 0 Å². The summed E-state index contributed by atoms with van der Waals surface area (Å²) in [4.78, 5) is 0.000839. The van der Waals surface area contributed by atoms with E-state index in [0.29, 0.717) is 17.9 Å². The minimum absolute atomic E-state index is 0.000839. The third kappa shape index (κ3) is 4.45. The van der Waals surface area contributed by atoms with Gasteiger partial charge in [-0.25, -0.2) is 21.6 Å². The minimum Gasteiger partial charge on any atom is -0.468 e. The lowest BCUT2D eigenvalue weighted by molar-refractivity contribution is 0.174. The zero-order chi connectivity index (χ0) is 19.5. The van der Waals surface area contributed by atoms with Crippen LogP contribution in [0.15, 0.2) is 45.9 Å². The Hall–Kier alpha value is -2.04. The van der Waals surface area contributed by atoms with Gasteiger partial charge < -0.3 is 13.9 Å². The van der Waals surface area contributed by atoms with Crippen molar-refractivity contribution in [3.8, 4) is 11.5 Å². The van der Waals surface area contributed by atoms with Gasteiger partial charge in [0.15, 0.2) is 21.3 Å². The van der Waals surface area contributed by atoms with Gasteiger partial charge in [0.25, 0.3) is 0 Å². The van der Waals surface area contributed by atoms with Crippen LogP contribution in [-0.2, 0) is 19.9 Å². The van der Waals surface area contributed by atoms with Gasteiger partial charge in [-0.1, -0.05) is 13.3 Å². The largest absolute Gasteiger partial charge is 0.468 e. The minimum atomic E-state index is -3.94. The Labute approximate surface area is 158 Å². The monoisotopic (exact) mass is 415 g/mol. The molecule has 1 aromatic carbocycles. The van der Waals surface area contributed by atoms with Gasteiger partial charge in [-0.2, -0.15) is 0 Å². The number of hydrogen-bond acceptors (Lipinski definition) is 7. The Morgan fingerprint density at radius 1 is 1.11 bits per heavy atom. The Kier molecular flexibility index (Phi) is 5.78. The highest BCUT2D eigenvalue weighted by Crippen LogP contribution is 2.37. The zero-order valence-corrected chi connectivity index (χ0v) is 16.4. The smallest absolute Gasteiger partial charge is 0.231 e. The topological polar surface area (TPSA) is 112 Å². The summed E-state index contributed by atoms with van der Waals surface area (Å²) in [5, 5.41) is -1.20. The molecule has 8 nitrogen and oxygen atoms in total. The van der Waals surface area contributed by atoms with Crippen molar-refractivity contribution in [2.75, 3.05) is 19.1 Å². The second kappa shape index (κ2) is 7.91. The molecule has 1 atom stereocenters. The fraction of sp³-hybridized carbons (Fsp3) is 0.412. The standard InChI is InChI=1S/C17H21NO7S2/c1-2-3-9-26(19,20)18-11-17(15-5-4-8-23-15)27(21,22)13-6-7-14-16(10-13)25-12-24-14/h4-8,10,17-18H,2-3,9,11-12H2,1H3/t17-/m1/s1. The number of fused-ring (bicyclic) bond motifs is 1. The average Bonchev–Trinajstić information content (AvgIpc) is 3.30. The molecule has 0 unspecified atom stereocenters. The van der Waals surface area contributed by atoms with Crippen molar-refractivity contribution in [3.05, 3.63) is 42.4 Å². The van der Waals surface area contributed by atoms with Gasteiger partial charge in [0.05, 0.1) is 16.9 Å². The van der Waals surface area contributed by atoms with Crippen molar-refractivity contribution < 1.29 is 30.7 Å². The molecule has 0 saturated heterocycles. The van der Waals surface area contributed by atoms with Crippen LogP contribution < -0.4 is 14.2 Å². The molecule has 0 amide bonds. The summed E-state index contributed by atoms with van der Waals surface area (Å²) >= 11 is 0. The van der Waals surface area contributed by atoms with Gasteiger partial charge in [-0.05, 0) is 30.7 Å². The number of sulfone groups is 1. The number of benzene rings is 1. The molecular formula is C17H21NO7S2. The molecule has 0 bridgehead atoms. The van der Waals surface area contributed by atoms with Gasteiger partial charge in [0.1, 0.15) is 11.0 Å². The molecule has 0 radical (unpaired) electrons. The van der Waals surface area contributed by atoms with Crippen LogP contribution in [0.4, 0.5) is 0 Å². The Balaban J connectivity index is 1.89. The first-order chi connectivity index (χ1) is 12.8. The van der Waals surface area contributed by atoms with Crippen molar-refractivity contribution in [3.63, 3.8) is 0 Å². The fourth-order valence-corrected chi connectivity index (χ4v) is 5.60. The second-order valence-electron chi connectivity index (χ2n) is 6.09. The molecule has 1 aromatic heterocycles. The first kappa shape index (κ1) is 19.7. The molecule has 0 spiro atoms. The summed E-state index contributed by atoms with van der Waals surface area (Å²) in [6.45, 7) is 1.58. The maximum Gasteiger partial charge on any atom is 0.231 e. The summed E-state index contributed by atoms with van der Waals surface area (Å²) in [6.07, 6.45) is 2.57. The SMILES string of the molecule is CCCCS(=O)(=O)NC[C@H](c1ccco1)S(=O)(=O)c1ccc2c(c1)OCO2. The van der Waals surface area contributed by atoms with Gasteiger partial charge in [-0.3, -0.25) is 0 Å². The van der Waals surface area contributed by atoms with Crippen LogP contribution in [0.5, 0.6) is 11.5 Å². The molecule has 0 fully saturated rings. The third-order valence-corrected chi connectivity index (χ3v) is 7.65. The average molecular weight is 415 g/mol. The summed E-state index contributed by atoms with van der Waals surface area (Å²) in [6, 6.07) is 7.36. The predicted octanol–water partition coefficient (Wildman–Crippen LogP) is 2.24. The summed E-state index contributed by atoms with van der Waals surface area (Å²) in [7, 11) is -7.53. The molecule has 3 rings (SSSR count). The number of furan rings is 1.